The first-order valence-electron chi connectivity index (χ1n) is 4.64. The quantitative estimate of drug-likeness (QED) is 0.612. The van der Waals surface area contributed by atoms with E-state index in [-0.39, 0.29) is 19.2 Å². The molecule has 0 saturated carbocycles. The van der Waals surface area contributed by atoms with Crippen molar-refractivity contribution in [2.75, 3.05) is 6.79 Å². The molecular formula is C9H15N3O2. The number of rotatable bonds is 6. The van der Waals surface area contributed by atoms with E-state index in [2.05, 4.69) is 16.3 Å². The Bertz CT molecular complexity index is 251. The molecule has 1 atom stereocenters. The lowest BCUT2D eigenvalue weighted by atomic mass is 9.87. The van der Waals surface area contributed by atoms with Gasteiger partial charge in [0.2, 0.25) is 0 Å². The molecule has 1 aliphatic heterocycles. The van der Waals surface area contributed by atoms with E-state index in [0.29, 0.717) is 0 Å². The van der Waals surface area contributed by atoms with Crippen LogP contribution in [0.4, 0.5) is 0 Å². The maximum Gasteiger partial charge on any atom is 0.284 e. The van der Waals surface area contributed by atoms with Crippen molar-refractivity contribution in [2.24, 2.45) is 15.6 Å². The van der Waals surface area contributed by atoms with Crippen molar-refractivity contribution in [3.05, 3.63) is 0 Å². The van der Waals surface area contributed by atoms with E-state index in [4.69, 9.17) is 14.7 Å². The van der Waals surface area contributed by atoms with Gasteiger partial charge in [-0.3, -0.25) is 0 Å². The summed E-state index contributed by atoms with van der Waals surface area (Å²) in [4.78, 5) is 0. The Kier molecular flexibility index (Phi) is 3.55. The summed E-state index contributed by atoms with van der Waals surface area (Å²) in [5.41, 5.74) is -0.490. The van der Waals surface area contributed by atoms with Gasteiger partial charge in [0.25, 0.3) is 6.35 Å². The van der Waals surface area contributed by atoms with Crippen molar-refractivity contribution in [3.8, 4) is 6.07 Å². The summed E-state index contributed by atoms with van der Waals surface area (Å²) in [6.07, 6.45) is 0.326. The highest BCUT2D eigenvalue weighted by Crippen LogP contribution is 2.25. The van der Waals surface area contributed by atoms with Crippen molar-refractivity contribution in [3.63, 3.8) is 0 Å². The Morgan fingerprint density at radius 1 is 1.50 bits per heavy atom. The molecule has 5 nitrogen and oxygen atoms in total. The minimum absolute atomic E-state index is 0.119. The Balaban J connectivity index is 2.26. The number of nitrogens with zero attached hydrogens (tertiary/aromatic N) is 3. The summed E-state index contributed by atoms with van der Waals surface area (Å²) in [6, 6.07) is 2.22. The second kappa shape index (κ2) is 4.49. The van der Waals surface area contributed by atoms with E-state index in [1.165, 1.54) is 0 Å². The number of hydrogen-bond acceptors (Lipinski definition) is 5. The Morgan fingerprint density at radius 3 is 2.57 bits per heavy atom. The van der Waals surface area contributed by atoms with Crippen LogP contribution in [0.15, 0.2) is 10.2 Å². The monoisotopic (exact) mass is 197 g/mol. The zero-order chi connectivity index (χ0) is 10.6. The molecule has 0 aliphatic carbocycles. The number of ether oxygens (including phenoxy) is 2. The Labute approximate surface area is 83.7 Å². The molecule has 1 heterocycles. The molecule has 0 aromatic carbocycles. The minimum Gasteiger partial charge on any atom is -0.350 e. The van der Waals surface area contributed by atoms with E-state index in [0.717, 1.165) is 6.42 Å². The predicted molar refractivity (Wildman–Crippen MR) is 49.2 cm³/mol. The molecular weight excluding hydrogens is 182 g/mol. The van der Waals surface area contributed by atoms with Gasteiger partial charge in [0.1, 0.15) is 0 Å². The van der Waals surface area contributed by atoms with Crippen molar-refractivity contribution in [2.45, 2.75) is 39.6 Å². The van der Waals surface area contributed by atoms with Crippen LogP contribution in [-0.2, 0) is 9.47 Å². The van der Waals surface area contributed by atoms with Crippen LogP contribution < -0.4 is 0 Å². The first kappa shape index (κ1) is 11.1. The molecule has 0 fully saturated rings. The van der Waals surface area contributed by atoms with Gasteiger partial charge in [-0.1, -0.05) is 6.92 Å². The minimum atomic E-state index is -0.490. The lowest BCUT2D eigenvalue weighted by Crippen LogP contribution is -2.31. The van der Waals surface area contributed by atoms with E-state index in [9.17, 15) is 0 Å². The molecule has 14 heavy (non-hydrogen) atoms. The average Bonchev–Trinajstić information content (AvgIpc) is 2.96. The summed E-state index contributed by atoms with van der Waals surface area (Å²) < 4.78 is 10.5. The van der Waals surface area contributed by atoms with Crippen LogP contribution in [0.3, 0.4) is 0 Å². The third-order valence-electron chi connectivity index (χ3n) is 2.16. The van der Waals surface area contributed by atoms with Gasteiger partial charge in [-0.15, -0.1) is 10.2 Å². The largest absolute Gasteiger partial charge is 0.350 e. The summed E-state index contributed by atoms with van der Waals surface area (Å²) in [5, 5.41) is 16.0. The molecule has 0 spiro atoms. The maximum atomic E-state index is 8.91. The van der Waals surface area contributed by atoms with E-state index in [1.807, 2.05) is 20.8 Å². The summed E-state index contributed by atoms with van der Waals surface area (Å²) in [7, 11) is 0. The van der Waals surface area contributed by atoms with Gasteiger partial charge in [0, 0.05) is 0 Å². The van der Waals surface area contributed by atoms with Crippen LogP contribution in [0.1, 0.15) is 27.2 Å². The van der Waals surface area contributed by atoms with Crippen LogP contribution in [0.25, 0.3) is 0 Å². The molecule has 1 aliphatic rings. The van der Waals surface area contributed by atoms with Gasteiger partial charge < -0.3 is 9.47 Å². The number of hydrogen-bond donors (Lipinski definition) is 0. The molecule has 0 radical (unpaired) electrons. The van der Waals surface area contributed by atoms with Crippen molar-refractivity contribution in [1.82, 2.24) is 0 Å². The van der Waals surface area contributed by atoms with Crippen molar-refractivity contribution < 1.29 is 9.47 Å². The summed E-state index contributed by atoms with van der Waals surface area (Å²) >= 11 is 0. The fraction of sp³-hybridized carbons (Fsp3) is 0.889. The number of nitriles is 1. The molecule has 0 N–H and O–H groups in total. The third-order valence-corrected chi connectivity index (χ3v) is 2.16. The highest BCUT2D eigenvalue weighted by molar-refractivity contribution is 4.97. The average molecular weight is 197 g/mol. The Hall–Kier alpha value is -0.990. The van der Waals surface area contributed by atoms with Crippen molar-refractivity contribution in [1.29, 1.82) is 5.26 Å². The van der Waals surface area contributed by atoms with Gasteiger partial charge in [-0.05, 0) is 20.3 Å². The van der Waals surface area contributed by atoms with Crippen molar-refractivity contribution >= 4 is 0 Å². The van der Waals surface area contributed by atoms with E-state index >= 15 is 0 Å². The topological polar surface area (TPSA) is 67.0 Å². The van der Waals surface area contributed by atoms with Crippen LogP contribution in [0, 0.1) is 16.7 Å². The van der Waals surface area contributed by atoms with Crippen LogP contribution in [-0.4, -0.2) is 19.2 Å². The SMILES string of the molecule is CCC(OCOC1N=N1)C(C)(C)C#N. The standard InChI is InChI=1S/C9H15N3O2/c1-4-7(9(2,3)5-10)13-6-14-8-11-12-8/h7-8H,4,6H2,1-3H3. The van der Waals surface area contributed by atoms with Gasteiger partial charge in [0.05, 0.1) is 17.6 Å². The molecule has 1 unspecified atom stereocenters. The van der Waals surface area contributed by atoms with Gasteiger partial charge in [0.15, 0.2) is 6.79 Å². The highest BCUT2D eigenvalue weighted by atomic mass is 16.7. The molecule has 78 valence electrons. The maximum absolute atomic E-state index is 8.91. The zero-order valence-electron chi connectivity index (χ0n) is 8.73. The van der Waals surface area contributed by atoms with Crippen LogP contribution in [0.2, 0.25) is 0 Å². The fourth-order valence-electron chi connectivity index (χ4n) is 1.18. The van der Waals surface area contributed by atoms with Gasteiger partial charge >= 0.3 is 0 Å². The van der Waals surface area contributed by atoms with Gasteiger partial charge in [-0.2, -0.15) is 5.26 Å². The molecule has 0 aromatic rings. The lowest BCUT2D eigenvalue weighted by molar-refractivity contribution is -0.122. The highest BCUT2D eigenvalue weighted by Gasteiger charge is 2.29. The molecule has 0 aromatic heterocycles. The van der Waals surface area contributed by atoms with Crippen LogP contribution in [0.5, 0.6) is 0 Å². The fourth-order valence-corrected chi connectivity index (χ4v) is 1.18. The first-order valence-corrected chi connectivity index (χ1v) is 4.64. The smallest absolute Gasteiger partial charge is 0.284 e. The predicted octanol–water partition coefficient (Wildman–Crippen LogP) is 2.05. The first-order chi connectivity index (χ1) is 6.60. The normalized spacial score (nSPS) is 17.9. The molecule has 0 amide bonds. The van der Waals surface area contributed by atoms with Gasteiger partial charge in [-0.25, -0.2) is 0 Å². The Morgan fingerprint density at radius 2 is 2.14 bits per heavy atom. The zero-order valence-corrected chi connectivity index (χ0v) is 8.73. The molecule has 1 rings (SSSR count). The summed E-state index contributed by atoms with van der Waals surface area (Å²) in [6.45, 7) is 5.83. The third kappa shape index (κ3) is 3.05. The van der Waals surface area contributed by atoms with E-state index < -0.39 is 5.41 Å². The molecule has 5 heteroatoms. The molecule has 0 bridgehead atoms. The lowest BCUT2D eigenvalue weighted by Gasteiger charge is -2.26. The summed E-state index contributed by atoms with van der Waals surface area (Å²) in [5.74, 6) is 0. The molecule has 0 saturated heterocycles. The van der Waals surface area contributed by atoms with Crippen LogP contribution >= 0.6 is 0 Å². The van der Waals surface area contributed by atoms with E-state index in [1.54, 1.807) is 0 Å². The second-order valence-electron chi connectivity index (χ2n) is 3.74. The second-order valence-corrected chi connectivity index (χ2v) is 3.74.